The Morgan fingerprint density at radius 1 is 1.07 bits per heavy atom. The van der Waals surface area contributed by atoms with Crippen LogP contribution < -0.4 is 10.2 Å². The molecule has 3 aromatic rings. The van der Waals surface area contributed by atoms with E-state index < -0.39 is 0 Å². The van der Waals surface area contributed by atoms with Crippen LogP contribution in [0.3, 0.4) is 0 Å². The third-order valence-electron chi connectivity index (χ3n) is 5.10. The SMILES string of the molecule is Cl.N#Cc1ccc2c(N3CCC(O)CC3)nnc(NCc3ccc(Cl)c(Cl)c3)c2c1. The minimum absolute atomic E-state index is 0. The van der Waals surface area contributed by atoms with Gasteiger partial charge in [0.2, 0.25) is 0 Å². The van der Waals surface area contributed by atoms with Crippen molar-refractivity contribution in [1.29, 1.82) is 5.26 Å². The molecule has 0 radical (unpaired) electrons. The van der Waals surface area contributed by atoms with Gasteiger partial charge >= 0.3 is 0 Å². The zero-order valence-electron chi connectivity index (χ0n) is 16.0. The molecule has 2 heterocycles. The van der Waals surface area contributed by atoms with Crippen LogP contribution in [0.4, 0.5) is 11.6 Å². The average Bonchev–Trinajstić information content (AvgIpc) is 2.74. The summed E-state index contributed by atoms with van der Waals surface area (Å²) in [6, 6.07) is 13.2. The molecule has 30 heavy (non-hydrogen) atoms. The van der Waals surface area contributed by atoms with Gasteiger partial charge in [-0.15, -0.1) is 22.6 Å². The molecular formula is C21H20Cl3N5O. The molecule has 1 aliphatic heterocycles. The van der Waals surface area contributed by atoms with Crippen molar-refractivity contribution in [1.82, 2.24) is 10.2 Å². The molecule has 0 saturated carbocycles. The number of piperidine rings is 1. The van der Waals surface area contributed by atoms with Crippen molar-refractivity contribution in [3.8, 4) is 6.07 Å². The highest BCUT2D eigenvalue weighted by atomic mass is 35.5. The number of halogens is 3. The third kappa shape index (κ3) is 4.71. The van der Waals surface area contributed by atoms with E-state index >= 15 is 0 Å². The summed E-state index contributed by atoms with van der Waals surface area (Å²) in [5, 5.41) is 34.0. The van der Waals surface area contributed by atoms with E-state index in [1.807, 2.05) is 18.2 Å². The lowest BCUT2D eigenvalue weighted by Crippen LogP contribution is -2.36. The van der Waals surface area contributed by atoms with Crippen LogP contribution in [0, 0.1) is 11.3 Å². The zero-order chi connectivity index (χ0) is 20.4. The summed E-state index contributed by atoms with van der Waals surface area (Å²) < 4.78 is 0. The lowest BCUT2D eigenvalue weighted by Gasteiger charge is -2.31. The Hall–Kier alpha value is -2.30. The van der Waals surface area contributed by atoms with Gasteiger partial charge in [0.1, 0.15) is 0 Å². The second-order valence-corrected chi connectivity index (χ2v) is 7.88. The van der Waals surface area contributed by atoms with Gasteiger partial charge in [-0.1, -0.05) is 29.3 Å². The first-order valence-corrected chi connectivity index (χ1v) is 10.1. The van der Waals surface area contributed by atoms with Gasteiger partial charge in [-0.2, -0.15) is 5.26 Å². The van der Waals surface area contributed by atoms with Gasteiger partial charge in [-0.3, -0.25) is 0 Å². The Morgan fingerprint density at radius 3 is 2.53 bits per heavy atom. The molecule has 1 saturated heterocycles. The Labute approximate surface area is 190 Å². The molecule has 156 valence electrons. The van der Waals surface area contributed by atoms with E-state index in [-0.39, 0.29) is 18.5 Å². The molecule has 0 atom stereocenters. The number of aliphatic hydroxyl groups excluding tert-OH is 1. The Balaban J connectivity index is 0.00000256. The minimum atomic E-state index is -0.261. The molecule has 9 heteroatoms. The summed E-state index contributed by atoms with van der Waals surface area (Å²) in [4.78, 5) is 2.14. The lowest BCUT2D eigenvalue weighted by atomic mass is 10.1. The first-order chi connectivity index (χ1) is 14.0. The number of anilines is 2. The smallest absolute Gasteiger partial charge is 0.159 e. The van der Waals surface area contributed by atoms with Crippen LogP contribution in [0.2, 0.25) is 10.0 Å². The van der Waals surface area contributed by atoms with Crippen LogP contribution in [0.15, 0.2) is 36.4 Å². The predicted octanol–water partition coefficient (Wildman–Crippen LogP) is 4.80. The molecule has 1 aromatic heterocycles. The largest absolute Gasteiger partial charge is 0.393 e. The molecule has 4 rings (SSSR count). The number of fused-ring (bicyclic) bond motifs is 1. The summed E-state index contributed by atoms with van der Waals surface area (Å²) in [6.45, 7) is 1.94. The maximum absolute atomic E-state index is 9.79. The Bertz CT molecular complexity index is 1090. The topological polar surface area (TPSA) is 85.1 Å². The summed E-state index contributed by atoms with van der Waals surface area (Å²) >= 11 is 12.1. The second-order valence-electron chi connectivity index (χ2n) is 7.06. The number of hydrogen-bond donors (Lipinski definition) is 2. The predicted molar refractivity (Wildman–Crippen MR) is 123 cm³/mol. The average molecular weight is 465 g/mol. The second kappa shape index (κ2) is 9.67. The number of nitrogens with zero attached hydrogens (tertiary/aromatic N) is 4. The van der Waals surface area contributed by atoms with Crippen molar-refractivity contribution in [2.75, 3.05) is 23.3 Å². The number of benzene rings is 2. The number of nitriles is 1. The number of aliphatic hydroxyl groups is 1. The number of aromatic nitrogens is 2. The molecule has 0 unspecified atom stereocenters. The summed E-state index contributed by atoms with van der Waals surface area (Å²) in [5.74, 6) is 1.38. The molecule has 1 fully saturated rings. The van der Waals surface area contributed by atoms with Crippen molar-refractivity contribution in [2.45, 2.75) is 25.5 Å². The fraction of sp³-hybridized carbons (Fsp3) is 0.286. The third-order valence-corrected chi connectivity index (χ3v) is 5.84. The first kappa shape index (κ1) is 22.4. The van der Waals surface area contributed by atoms with Crippen LogP contribution in [0.1, 0.15) is 24.0 Å². The highest BCUT2D eigenvalue weighted by Gasteiger charge is 2.21. The Kier molecular flexibility index (Phi) is 7.22. The van der Waals surface area contributed by atoms with Gasteiger partial charge < -0.3 is 15.3 Å². The van der Waals surface area contributed by atoms with Gasteiger partial charge in [-0.25, -0.2) is 0 Å². The molecule has 2 aromatic carbocycles. The molecule has 0 aliphatic carbocycles. The maximum Gasteiger partial charge on any atom is 0.159 e. The van der Waals surface area contributed by atoms with Gasteiger partial charge in [0.15, 0.2) is 11.6 Å². The van der Waals surface area contributed by atoms with Crippen molar-refractivity contribution in [3.05, 3.63) is 57.6 Å². The Morgan fingerprint density at radius 2 is 1.83 bits per heavy atom. The molecule has 1 aliphatic rings. The summed E-state index contributed by atoms with van der Waals surface area (Å²) in [7, 11) is 0. The van der Waals surface area contributed by atoms with E-state index in [1.54, 1.807) is 18.2 Å². The normalized spacial score (nSPS) is 14.3. The zero-order valence-corrected chi connectivity index (χ0v) is 18.3. The first-order valence-electron chi connectivity index (χ1n) is 9.36. The number of rotatable bonds is 4. The minimum Gasteiger partial charge on any atom is -0.393 e. The van der Waals surface area contributed by atoms with Crippen molar-refractivity contribution < 1.29 is 5.11 Å². The quantitative estimate of drug-likeness (QED) is 0.577. The van der Waals surface area contributed by atoms with Gasteiger partial charge in [0.05, 0.1) is 27.8 Å². The number of hydrogen-bond acceptors (Lipinski definition) is 6. The summed E-state index contributed by atoms with van der Waals surface area (Å²) in [6.07, 6.45) is 1.15. The standard InChI is InChI=1S/C21H19Cl2N5O.ClH/c22-18-4-2-14(10-19(18)23)12-25-20-17-9-13(11-24)1-3-16(17)21(27-26-20)28-7-5-15(29)6-8-28;/h1-4,9-10,15,29H,5-8,12H2,(H,25,26);1H. The van der Waals surface area contributed by atoms with Gasteiger partial charge in [-0.05, 0) is 48.7 Å². The lowest BCUT2D eigenvalue weighted by molar-refractivity contribution is 0.145. The van der Waals surface area contributed by atoms with E-state index in [0.717, 1.165) is 35.2 Å². The van der Waals surface area contributed by atoms with Crippen LogP contribution in [-0.4, -0.2) is 34.5 Å². The van der Waals surface area contributed by atoms with Crippen molar-refractivity contribution in [2.24, 2.45) is 0 Å². The fourth-order valence-corrected chi connectivity index (χ4v) is 3.81. The van der Waals surface area contributed by atoms with Crippen LogP contribution in [0.25, 0.3) is 10.8 Å². The molecule has 0 amide bonds. The fourth-order valence-electron chi connectivity index (χ4n) is 3.49. The molecule has 0 bridgehead atoms. The van der Waals surface area contributed by atoms with Gasteiger partial charge in [0, 0.05) is 30.4 Å². The van der Waals surface area contributed by atoms with Crippen molar-refractivity contribution >= 4 is 58.0 Å². The van der Waals surface area contributed by atoms with E-state index in [4.69, 9.17) is 23.2 Å². The van der Waals surface area contributed by atoms with Crippen LogP contribution in [-0.2, 0) is 6.54 Å². The monoisotopic (exact) mass is 463 g/mol. The molecular weight excluding hydrogens is 445 g/mol. The van der Waals surface area contributed by atoms with E-state index in [9.17, 15) is 10.4 Å². The highest BCUT2D eigenvalue weighted by Crippen LogP contribution is 2.31. The van der Waals surface area contributed by atoms with Gasteiger partial charge in [0.25, 0.3) is 0 Å². The van der Waals surface area contributed by atoms with Crippen molar-refractivity contribution in [3.63, 3.8) is 0 Å². The molecule has 6 nitrogen and oxygen atoms in total. The highest BCUT2D eigenvalue weighted by molar-refractivity contribution is 6.42. The molecule has 2 N–H and O–H groups in total. The molecule has 0 spiro atoms. The van der Waals surface area contributed by atoms with E-state index in [1.165, 1.54) is 0 Å². The maximum atomic E-state index is 9.79. The summed E-state index contributed by atoms with van der Waals surface area (Å²) in [5.41, 5.74) is 1.52. The van der Waals surface area contributed by atoms with E-state index in [0.29, 0.717) is 40.8 Å². The van der Waals surface area contributed by atoms with Crippen LogP contribution in [0.5, 0.6) is 0 Å². The number of nitrogens with one attached hydrogen (secondary N) is 1. The van der Waals surface area contributed by atoms with Crippen LogP contribution >= 0.6 is 35.6 Å². The van der Waals surface area contributed by atoms with E-state index in [2.05, 4.69) is 26.5 Å².